The van der Waals surface area contributed by atoms with Crippen molar-refractivity contribution in [3.05, 3.63) is 35.4 Å². The average Bonchev–Trinajstić information content (AvgIpc) is 2.59. The molecule has 0 saturated carbocycles. The Labute approximate surface area is 112 Å². The van der Waals surface area contributed by atoms with Gasteiger partial charge in [0.1, 0.15) is 0 Å². The number of carboxylic acid groups (broad SMARTS) is 1. The van der Waals surface area contributed by atoms with E-state index in [9.17, 15) is 9.59 Å². The molecule has 1 amide bonds. The number of nitrogens with two attached hydrogens (primary N) is 1. The Bertz CT molecular complexity index is 460. The van der Waals surface area contributed by atoms with E-state index in [0.717, 1.165) is 12.8 Å². The van der Waals surface area contributed by atoms with Crippen LogP contribution in [0.4, 0.5) is 0 Å². The quantitative estimate of drug-likeness (QED) is 0.826. The van der Waals surface area contributed by atoms with Crippen LogP contribution >= 0.6 is 0 Å². The number of carboxylic acids is 1. The number of hydrogen-bond acceptors (Lipinski definition) is 3. The third kappa shape index (κ3) is 3.32. The van der Waals surface area contributed by atoms with Crippen LogP contribution in [0.1, 0.15) is 17.5 Å². The van der Waals surface area contributed by atoms with Crippen molar-refractivity contribution in [1.82, 2.24) is 4.90 Å². The highest BCUT2D eigenvalue weighted by Crippen LogP contribution is 2.16. The fourth-order valence-corrected chi connectivity index (χ4v) is 2.40. The number of nitrogens with zero attached hydrogens (tertiary/aromatic N) is 1. The molecule has 5 nitrogen and oxygen atoms in total. The molecule has 0 saturated heterocycles. The number of rotatable bonds is 3. The fourth-order valence-electron chi connectivity index (χ4n) is 2.40. The number of aliphatic carboxylic acids is 1. The summed E-state index contributed by atoms with van der Waals surface area (Å²) in [4.78, 5) is 24.3. The molecule has 3 N–H and O–H groups in total. The number of amides is 1. The predicted molar refractivity (Wildman–Crippen MR) is 70.7 cm³/mol. The van der Waals surface area contributed by atoms with Gasteiger partial charge in [0.15, 0.2) is 0 Å². The maximum absolute atomic E-state index is 12.1. The molecule has 1 aliphatic heterocycles. The van der Waals surface area contributed by atoms with E-state index < -0.39 is 12.0 Å². The lowest BCUT2D eigenvalue weighted by Gasteiger charge is -2.23. The maximum atomic E-state index is 12.1. The van der Waals surface area contributed by atoms with E-state index in [0.29, 0.717) is 13.1 Å². The van der Waals surface area contributed by atoms with Crippen LogP contribution < -0.4 is 5.73 Å². The summed E-state index contributed by atoms with van der Waals surface area (Å²) >= 11 is 0. The van der Waals surface area contributed by atoms with Gasteiger partial charge < -0.3 is 15.7 Å². The minimum absolute atomic E-state index is 0.268. The zero-order valence-electron chi connectivity index (χ0n) is 10.7. The molecule has 1 aromatic rings. The van der Waals surface area contributed by atoms with Gasteiger partial charge in [0.2, 0.25) is 5.91 Å². The number of hydrogen-bond donors (Lipinski definition) is 2. The van der Waals surface area contributed by atoms with Crippen LogP contribution in [0, 0.1) is 0 Å². The third-order valence-electron chi connectivity index (χ3n) is 3.44. The molecule has 0 aromatic heterocycles. The first-order valence-corrected chi connectivity index (χ1v) is 6.41. The molecule has 0 bridgehead atoms. The van der Waals surface area contributed by atoms with Gasteiger partial charge in [-0.15, -0.1) is 0 Å². The highest BCUT2D eigenvalue weighted by Gasteiger charge is 2.24. The Morgan fingerprint density at radius 1 is 1.21 bits per heavy atom. The van der Waals surface area contributed by atoms with Gasteiger partial charge in [-0.05, 0) is 24.0 Å². The highest BCUT2D eigenvalue weighted by molar-refractivity contribution is 5.86. The van der Waals surface area contributed by atoms with Crippen molar-refractivity contribution in [3.8, 4) is 0 Å². The SMILES string of the molecule is NC(CC(=O)O)C(=O)N1CCc2ccccc2CC1. The van der Waals surface area contributed by atoms with Gasteiger partial charge in [-0.2, -0.15) is 0 Å². The van der Waals surface area contributed by atoms with Crippen LogP contribution in [0.2, 0.25) is 0 Å². The Kier molecular flexibility index (Phi) is 4.16. The molecule has 1 unspecified atom stereocenters. The van der Waals surface area contributed by atoms with E-state index in [-0.39, 0.29) is 12.3 Å². The molecule has 102 valence electrons. The third-order valence-corrected chi connectivity index (χ3v) is 3.44. The normalized spacial score (nSPS) is 16.4. The van der Waals surface area contributed by atoms with E-state index in [4.69, 9.17) is 10.8 Å². The molecule has 19 heavy (non-hydrogen) atoms. The second kappa shape index (κ2) is 5.84. The van der Waals surface area contributed by atoms with Gasteiger partial charge >= 0.3 is 5.97 Å². The average molecular weight is 262 g/mol. The van der Waals surface area contributed by atoms with Crippen molar-refractivity contribution in [2.45, 2.75) is 25.3 Å². The van der Waals surface area contributed by atoms with Gasteiger partial charge in [0.25, 0.3) is 0 Å². The maximum Gasteiger partial charge on any atom is 0.305 e. The molecule has 0 fully saturated rings. The first-order valence-electron chi connectivity index (χ1n) is 6.41. The van der Waals surface area contributed by atoms with E-state index in [1.54, 1.807) is 4.90 Å². The number of benzene rings is 1. The number of fused-ring (bicyclic) bond motifs is 1. The van der Waals surface area contributed by atoms with Gasteiger partial charge in [0, 0.05) is 13.1 Å². The van der Waals surface area contributed by atoms with E-state index in [2.05, 4.69) is 12.1 Å². The summed E-state index contributed by atoms with van der Waals surface area (Å²) in [7, 11) is 0. The van der Waals surface area contributed by atoms with Crippen LogP contribution in [0.25, 0.3) is 0 Å². The summed E-state index contributed by atoms with van der Waals surface area (Å²) in [5.74, 6) is -1.31. The van der Waals surface area contributed by atoms with Gasteiger partial charge in [0.05, 0.1) is 12.5 Å². The Hall–Kier alpha value is -1.88. The first kappa shape index (κ1) is 13.5. The van der Waals surface area contributed by atoms with E-state index in [1.165, 1.54) is 11.1 Å². The van der Waals surface area contributed by atoms with Crippen LogP contribution in [0.5, 0.6) is 0 Å². The molecular weight excluding hydrogens is 244 g/mol. The monoisotopic (exact) mass is 262 g/mol. The zero-order valence-corrected chi connectivity index (χ0v) is 10.7. The first-order chi connectivity index (χ1) is 9.08. The standard InChI is InChI=1S/C14H18N2O3/c15-12(9-13(17)18)14(19)16-7-5-10-3-1-2-4-11(10)6-8-16/h1-4,12H,5-9,15H2,(H,17,18). The van der Waals surface area contributed by atoms with E-state index in [1.807, 2.05) is 12.1 Å². The molecule has 1 aromatic carbocycles. The summed E-state index contributed by atoms with van der Waals surface area (Å²) in [6.07, 6.45) is 1.27. The Morgan fingerprint density at radius 3 is 2.21 bits per heavy atom. The minimum atomic E-state index is -1.04. The van der Waals surface area contributed by atoms with Crippen LogP contribution in [0.3, 0.4) is 0 Å². The Balaban J connectivity index is 2.01. The molecule has 1 heterocycles. The predicted octanol–water partition coefficient (Wildman–Crippen LogP) is 0.416. The zero-order chi connectivity index (χ0) is 13.8. The van der Waals surface area contributed by atoms with Gasteiger partial charge in [-0.25, -0.2) is 0 Å². The lowest BCUT2D eigenvalue weighted by molar-refractivity contribution is -0.141. The summed E-state index contributed by atoms with van der Waals surface area (Å²) in [6, 6.07) is 7.18. The molecule has 0 radical (unpaired) electrons. The molecule has 2 rings (SSSR count). The van der Waals surface area contributed by atoms with Gasteiger partial charge in [-0.3, -0.25) is 9.59 Å². The molecular formula is C14H18N2O3. The van der Waals surface area contributed by atoms with Crippen molar-refractivity contribution < 1.29 is 14.7 Å². The second-order valence-electron chi connectivity index (χ2n) is 4.80. The van der Waals surface area contributed by atoms with Gasteiger partial charge in [-0.1, -0.05) is 24.3 Å². The Morgan fingerprint density at radius 2 is 1.74 bits per heavy atom. The highest BCUT2D eigenvalue weighted by atomic mass is 16.4. The topological polar surface area (TPSA) is 83.6 Å². The molecule has 0 aliphatic carbocycles. The van der Waals surface area contributed by atoms with Crippen molar-refractivity contribution in [2.24, 2.45) is 5.73 Å². The lowest BCUT2D eigenvalue weighted by atomic mass is 10.0. The van der Waals surface area contributed by atoms with Crippen molar-refractivity contribution in [1.29, 1.82) is 0 Å². The largest absolute Gasteiger partial charge is 0.481 e. The molecule has 1 aliphatic rings. The summed E-state index contributed by atoms with van der Waals surface area (Å²) < 4.78 is 0. The molecule has 1 atom stereocenters. The number of carbonyl (C=O) groups excluding carboxylic acids is 1. The lowest BCUT2D eigenvalue weighted by Crippen LogP contribution is -2.45. The van der Waals surface area contributed by atoms with Crippen molar-refractivity contribution >= 4 is 11.9 Å². The fraction of sp³-hybridized carbons (Fsp3) is 0.429. The van der Waals surface area contributed by atoms with Crippen LogP contribution in [0.15, 0.2) is 24.3 Å². The second-order valence-corrected chi connectivity index (χ2v) is 4.80. The molecule has 0 spiro atoms. The van der Waals surface area contributed by atoms with Crippen molar-refractivity contribution in [2.75, 3.05) is 13.1 Å². The summed E-state index contributed by atoms with van der Waals surface area (Å²) in [5.41, 5.74) is 8.14. The van der Waals surface area contributed by atoms with Crippen LogP contribution in [-0.4, -0.2) is 41.0 Å². The van der Waals surface area contributed by atoms with Crippen molar-refractivity contribution in [3.63, 3.8) is 0 Å². The number of carbonyl (C=O) groups is 2. The van der Waals surface area contributed by atoms with E-state index >= 15 is 0 Å². The summed E-state index contributed by atoms with van der Waals surface area (Å²) in [5, 5.41) is 8.68. The van der Waals surface area contributed by atoms with Crippen LogP contribution in [-0.2, 0) is 22.4 Å². The minimum Gasteiger partial charge on any atom is -0.481 e. The summed E-state index contributed by atoms with van der Waals surface area (Å²) in [6.45, 7) is 1.20. The molecule has 5 heteroatoms. The smallest absolute Gasteiger partial charge is 0.305 e.